The molecule has 5 rings (SSSR count). The molecule has 0 aromatic heterocycles. The third-order valence-corrected chi connectivity index (χ3v) is 24.0. The van der Waals surface area contributed by atoms with Crippen molar-refractivity contribution in [2.45, 2.75) is 155 Å². The van der Waals surface area contributed by atoms with E-state index in [1.54, 1.807) is 17.5 Å². The van der Waals surface area contributed by atoms with Gasteiger partial charge in [0.2, 0.25) is 0 Å². The van der Waals surface area contributed by atoms with Gasteiger partial charge in [0.15, 0.2) is 6.04 Å². The van der Waals surface area contributed by atoms with Crippen molar-refractivity contribution >= 4 is 41.7 Å². The Morgan fingerprint density at radius 3 is 1.30 bits per heavy atom. The third-order valence-electron chi connectivity index (χ3n) is 14.6. The second-order valence-electron chi connectivity index (χ2n) is 21.1. The zero-order valence-electron chi connectivity index (χ0n) is 42.6. The zero-order valence-corrected chi connectivity index (χ0v) is 49.2. The maximum absolute atomic E-state index is 13.3. The van der Waals surface area contributed by atoms with E-state index in [1.165, 1.54) is 93.6 Å². The van der Waals surface area contributed by atoms with Crippen molar-refractivity contribution in [3.05, 3.63) is 133 Å². The van der Waals surface area contributed by atoms with Gasteiger partial charge in [0, 0.05) is 29.5 Å². The van der Waals surface area contributed by atoms with E-state index in [1.807, 2.05) is 0 Å². The van der Waals surface area contributed by atoms with Gasteiger partial charge in [-0.25, -0.2) is 4.79 Å². The summed E-state index contributed by atoms with van der Waals surface area (Å²) in [5.74, 6) is -0.288. The van der Waals surface area contributed by atoms with E-state index in [4.69, 9.17) is 4.74 Å². The van der Waals surface area contributed by atoms with Gasteiger partial charge in [-0.2, -0.15) is 0 Å². The first-order valence-electron chi connectivity index (χ1n) is 25.1. The van der Waals surface area contributed by atoms with Crippen molar-refractivity contribution in [2.24, 2.45) is 0 Å². The summed E-state index contributed by atoms with van der Waals surface area (Å²) in [6.45, 7) is 17.8. The van der Waals surface area contributed by atoms with E-state index in [0.29, 0.717) is 18.2 Å². The summed E-state index contributed by atoms with van der Waals surface area (Å²) < 4.78 is 7.07. The Morgan fingerprint density at radius 2 is 0.925 bits per heavy atom. The van der Waals surface area contributed by atoms with Gasteiger partial charge in [0.05, 0.1) is 74.4 Å². The second-order valence-corrected chi connectivity index (χ2v) is 28.8. The molecule has 0 radical (unpaired) electrons. The van der Waals surface area contributed by atoms with E-state index in [2.05, 4.69) is 182 Å². The lowest BCUT2D eigenvalue weighted by Crippen LogP contribution is -3.00. The maximum atomic E-state index is 13.3. The molecule has 0 bridgehead atoms. The number of esters is 1. The van der Waals surface area contributed by atoms with Gasteiger partial charge in [-0.05, 0) is 109 Å². The van der Waals surface area contributed by atoms with Crippen LogP contribution in [0.1, 0.15) is 131 Å². The van der Waals surface area contributed by atoms with Crippen LogP contribution in [0.2, 0.25) is 0 Å². The number of carbonyl (C=O) groups is 1. The van der Waals surface area contributed by atoms with Crippen LogP contribution < -0.4 is 77.5 Å². The number of piperidine rings is 1. The highest BCUT2D eigenvalue weighted by atomic mass is 79.9. The van der Waals surface area contributed by atoms with Crippen LogP contribution in [0.15, 0.2) is 133 Å². The molecule has 1 fully saturated rings. The van der Waals surface area contributed by atoms with Crippen molar-refractivity contribution in [3.8, 4) is 0 Å². The summed E-state index contributed by atoms with van der Waals surface area (Å²) >= 11 is 0. The zero-order chi connectivity index (χ0) is 46.1. The first-order valence-corrected chi connectivity index (χ1v) is 29.4. The van der Waals surface area contributed by atoms with Crippen LogP contribution in [-0.4, -0.2) is 79.0 Å². The average molecular weight is 1150 g/mol. The van der Waals surface area contributed by atoms with Crippen LogP contribution >= 0.6 is 14.5 Å². The van der Waals surface area contributed by atoms with Crippen molar-refractivity contribution in [1.82, 2.24) is 5.32 Å². The average Bonchev–Trinajstić information content (AvgIpc) is 3.28. The number of quaternary nitrogens is 1. The molecule has 4 nitrogen and oxygen atoms in total. The molecule has 0 aliphatic carbocycles. The van der Waals surface area contributed by atoms with E-state index < -0.39 is 14.5 Å². The van der Waals surface area contributed by atoms with Gasteiger partial charge in [-0.15, -0.1) is 0 Å². The number of unbranched alkanes of at least 4 members (excludes halogenated alkanes) is 10. The lowest BCUT2D eigenvalue weighted by atomic mass is 9.78. The Hall–Kier alpha value is -1.69. The van der Waals surface area contributed by atoms with Gasteiger partial charge in [0.25, 0.3) is 0 Å². The van der Waals surface area contributed by atoms with E-state index >= 15 is 0 Å². The SMILES string of the molecule is C=C(C)C(=O)OCC(C[P+](CCCC[P+](CCCCCCCCCCCC)(c1ccccc1)c1ccccc1)(c1ccccc1)c1ccccc1)[N+](C)(C)C1CC(C)(C)NC(C)(C)C1.[Br-].[Br-].[Br-]. The molecule has 0 saturated carbocycles. The van der Waals surface area contributed by atoms with E-state index in [-0.39, 0.29) is 74.0 Å². The molecule has 1 saturated heterocycles. The highest BCUT2D eigenvalue weighted by Crippen LogP contribution is 2.61. The number of benzene rings is 4. The number of likely N-dealkylation sites (N-methyl/N-ethyl adjacent to an activating group) is 1. The molecule has 4 aromatic rings. The summed E-state index contributed by atoms with van der Waals surface area (Å²) in [6.07, 6.45) is 22.7. The number of nitrogens with zero attached hydrogens (tertiary/aromatic N) is 1. The molecular formula is C58H87Br3N2O2P2. The highest BCUT2D eigenvalue weighted by Gasteiger charge is 2.53. The minimum atomic E-state index is -2.06. The van der Waals surface area contributed by atoms with Crippen LogP contribution in [-0.2, 0) is 9.53 Å². The molecular weight excluding hydrogens is 1060 g/mol. The number of nitrogens with one attached hydrogen (secondary N) is 1. The molecule has 1 heterocycles. The molecule has 1 atom stereocenters. The molecule has 1 aliphatic rings. The fraction of sp³-hybridized carbons (Fsp3) is 0.534. The standard InChI is InChI=1S/C58H87N2O2P2.3BrH/c1-10-11-12-13-14-15-16-17-18-31-42-63(52-34-23-19-24-35-52,53-36-25-20-26-37-53)43-32-33-44-64(54-38-27-21-28-39-54,55-40-29-22-30-41-55)48-51(47-62-56(61)49(2)3)60(8,9)50-45-57(4,5)59-58(6,7)46-50;;;/h19-30,34-41,50-51,59H,2,10-18,31-33,42-48H2,1,3-9H3;3*1H/q+3;;;/p-3. The van der Waals surface area contributed by atoms with Crippen molar-refractivity contribution in [1.29, 1.82) is 0 Å². The summed E-state index contributed by atoms with van der Waals surface area (Å²) in [5.41, 5.74) is 0.446. The van der Waals surface area contributed by atoms with Crippen LogP contribution in [0.3, 0.4) is 0 Å². The van der Waals surface area contributed by atoms with E-state index in [0.717, 1.165) is 36.1 Å². The second kappa shape index (κ2) is 29.6. The Kier molecular flexibility index (Phi) is 27.1. The number of halogens is 3. The van der Waals surface area contributed by atoms with Crippen molar-refractivity contribution in [2.75, 3.05) is 45.3 Å². The van der Waals surface area contributed by atoms with Crippen LogP contribution in [0, 0.1) is 0 Å². The molecule has 1 aliphatic heterocycles. The van der Waals surface area contributed by atoms with Crippen LogP contribution in [0.25, 0.3) is 0 Å². The molecule has 1 N–H and O–H groups in total. The number of ether oxygens (including phenoxy) is 1. The molecule has 0 spiro atoms. The predicted molar refractivity (Wildman–Crippen MR) is 285 cm³/mol. The van der Waals surface area contributed by atoms with Gasteiger partial charge >= 0.3 is 5.97 Å². The lowest BCUT2D eigenvalue weighted by molar-refractivity contribution is -0.938. The topological polar surface area (TPSA) is 38.3 Å². The van der Waals surface area contributed by atoms with E-state index in [9.17, 15) is 4.79 Å². The Morgan fingerprint density at radius 1 is 0.597 bits per heavy atom. The summed E-state index contributed by atoms with van der Waals surface area (Å²) in [5, 5.41) is 9.99. The largest absolute Gasteiger partial charge is 1.00 e. The Labute approximate surface area is 442 Å². The smallest absolute Gasteiger partial charge is 0.333 e. The summed E-state index contributed by atoms with van der Waals surface area (Å²) in [7, 11) is 1.11. The number of carbonyl (C=O) groups excluding carboxylic acids is 1. The van der Waals surface area contributed by atoms with Gasteiger partial charge in [-0.1, -0.05) is 138 Å². The lowest BCUT2D eigenvalue weighted by Gasteiger charge is -2.53. The van der Waals surface area contributed by atoms with Crippen LogP contribution in [0.4, 0.5) is 0 Å². The minimum Gasteiger partial charge on any atom is -1.00 e. The third kappa shape index (κ3) is 17.8. The number of hydrogen-bond donors (Lipinski definition) is 1. The Bertz CT molecular complexity index is 1890. The van der Waals surface area contributed by atoms with Gasteiger partial charge < -0.3 is 65.5 Å². The van der Waals surface area contributed by atoms with Gasteiger partial charge in [-0.3, -0.25) is 0 Å². The molecule has 9 heteroatoms. The summed E-state index contributed by atoms with van der Waals surface area (Å²) in [6, 6.07) is 46.7. The quantitative estimate of drug-likeness (QED) is 0.0324. The molecule has 0 amide bonds. The monoisotopic (exact) mass is 1140 g/mol. The fourth-order valence-corrected chi connectivity index (χ4v) is 20.6. The minimum absolute atomic E-state index is 0. The molecule has 67 heavy (non-hydrogen) atoms. The normalized spacial score (nSPS) is 15.3. The first-order chi connectivity index (χ1) is 30.6. The molecule has 1 unspecified atom stereocenters. The fourth-order valence-electron chi connectivity index (χ4n) is 11.1. The molecule has 4 aromatic carbocycles. The maximum Gasteiger partial charge on any atom is 0.333 e. The summed E-state index contributed by atoms with van der Waals surface area (Å²) in [4.78, 5) is 13.3. The van der Waals surface area contributed by atoms with Crippen LogP contribution in [0.5, 0.6) is 0 Å². The number of rotatable bonds is 27. The van der Waals surface area contributed by atoms with Crippen molar-refractivity contribution < 1.29 is 65.0 Å². The van der Waals surface area contributed by atoms with Crippen molar-refractivity contribution in [3.63, 3.8) is 0 Å². The molecule has 372 valence electrons. The number of hydrogen-bond acceptors (Lipinski definition) is 3. The van der Waals surface area contributed by atoms with Gasteiger partial charge in [0.1, 0.15) is 12.8 Å². The Balaban J connectivity index is 0.00000514. The predicted octanol–water partition coefficient (Wildman–Crippen LogP) is 3.91. The first kappa shape index (κ1) is 61.4. The highest BCUT2D eigenvalue weighted by molar-refractivity contribution is 7.90.